The molecule has 0 radical (unpaired) electrons. The van der Waals surface area contributed by atoms with E-state index < -0.39 is 23.3 Å². The average molecular weight is 255 g/mol. The van der Waals surface area contributed by atoms with Crippen LogP contribution in [0.15, 0.2) is 36.4 Å². The fourth-order valence-corrected chi connectivity index (χ4v) is 1.51. The molecule has 0 saturated carbocycles. The second-order valence-electron chi connectivity index (χ2n) is 3.71. The summed E-state index contributed by atoms with van der Waals surface area (Å²) < 4.78 is 51.8. The maximum absolute atomic E-state index is 13.3. The number of hydrogen-bond acceptors (Lipinski definition) is 1. The molecule has 0 spiro atoms. The Morgan fingerprint density at radius 2 is 1.67 bits per heavy atom. The molecular weight excluding hydrogens is 246 g/mol. The molecule has 1 nitrogen and oxygen atoms in total. The summed E-state index contributed by atoms with van der Waals surface area (Å²) >= 11 is 0. The number of nitrogens with one attached hydrogen (secondary N) is 1. The van der Waals surface area contributed by atoms with E-state index >= 15 is 0 Å². The molecule has 2 aromatic rings. The molecule has 1 N–H and O–H groups in total. The summed E-state index contributed by atoms with van der Waals surface area (Å²) in [5, 5.41) is 2.58. The van der Waals surface area contributed by atoms with Crippen molar-refractivity contribution in [1.82, 2.24) is 0 Å². The molecule has 0 heterocycles. The van der Waals surface area contributed by atoms with Gasteiger partial charge in [-0.2, -0.15) is 0 Å². The van der Waals surface area contributed by atoms with Gasteiger partial charge in [0, 0.05) is 6.54 Å². The minimum Gasteiger partial charge on any atom is -0.379 e. The Morgan fingerprint density at radius 3 is 2.39 bits per heavy atom. The lowest BCUT2D eigenvalue weighted by atomic mass is 10.2. The van der Waals surface area contributed by atoms with Crippen LogP contribution in [0.2, 0.25) is 0 Å². The van der Waals surface area contributed by atoms with Crippen LogP contribution >= 0.6 is 0 Å². The Morgan fingerprint density at radius 1 is 0.889 bits per heavy atom. The first-order valence-electron chi connectivity index (χ1n) is 5.20. The number of hydrogen-bond donors (Lipinski definition) is 1. The molecule has 0 aromatic heterocycles. The van der Waals surface area contributed by atoms with E-state index in [1.165, 1.54) is 18.2 Å². The Hall–Kier alpha value is -2.04. The van der Waals surface area contributed by atoms with Crippen LogP contribution in [-0.2, 0) is 6.54 Å². The van der Waals surface area contributed by atoms with E-state index in [4.69, 9.17) is 0 Å². The van der Waals surface area contributed by atoms with E-state index in [-0.39, 0.29) is 12.2 Å². The lowest BCUT2D eigenvalue weighted by molar-refractivity contribution is 0.449. The summed E-state index contributed by atoms with van der Waals surface area (Å²) in [6.45, 7) is 0.111. The molecule has 2 rings (SSSR count). The summed E-state index contributed by atoms with van der Waals surface area (Å²) in [4.78, 5) is 0. The highest BCUT2D eigenvalue weighted by Crippen LogP contribution is 2.20. The van der Waals surface area contributed by atoms with E-state index in [0.29, 0.717) is 5.56 Å². The van der Waals surface area contributed by atoms with Gasteiger partial charge in [0.2, 0.25) is 0 Å². The summed E-state index contributed by atoms with van der Waals surface area (Å²) in [5.74, 6) is -4.48. The van der Waals surface area contributed by atoms with Crippen molar-refractivity contribution >= 4 is 5.69 Å². The number of anilines is 1. The van der Waals surface area contributed by atoms with Gasteiger partial charge in [0.05, 0.1) is 5.69 Å². The van der Waals surface area contributed by atoms with Crippen molar-refractivity contribution in [1.29, 1.82) is 0 Å². The molecule has 94 valence electrons. The maximum atomic E-state index is 13.3. The van der Waals surface area contributed by atoms with Crippen LogP contribution in [0.1, 0.15) is 5.56 Å². The van der Waals surface area contributed by atoms with Gasteiger partial charge in [0.1, 0.15) is 5.82 Å². The number of rotatable bonds is 3. The van der Waals surface area contributed by atoms with Crippen molar-refractivity contribution in [2.75, 3.05) is 5.32 Å². The van der Waals surface area contributed by atoms with Gasteiger partial charge >= 0.3 is 0 Å². The van der Waals surface area contributed by atoms with Gasteiger partial charge < -0.3 is 5.32 Å². The molecule has 0 fully saturated rings. The van der Waals surface area contributed by atoms with Crippen molar-refractivity contribution < 1.29 is 17.6 Å². The molecule has 2 aromatic carbocycles. The first kappa shape index (κ1) is 12.4. The van der Waals surface area contributed by atoms with Gasteiger partial charge in [-0.3, -0.25) is 0 Å². The average Bonchev–Trinajstić information content (AvgIpc) is 2.35. The van der Waals surface area contributed by atoms with Gasteiger partial charge in [-0.25, -0.2) is 17.6 Å². The van der Waals surface area contributed by atoms with E-state index in [9.17, 15) is 17.6 Å². The predicted molar refractivity (Wildman–Crippen MR) is 60.0 cm³/mol. The van der Waals surface area contributed by atoms with Crippen LogP contribution in [0.25, 0.3) is 0 Å². The molecule has 0 saturated heterocycles. The fourth-order valence-electron chi connectivity index (χ4n) is 1.51. The highest BCUT2D eigenvalue weighted by Gasteiger charge is 2.12. The van der Waals surface area contributed by atoms with E-state index in [1.54, 1.807) is 6.07 Å². The van der Waals surface area contributed by atoms with Crippen LogP contribution in [0.4, 0.5) is 23.2 Å². The lowest BCUT2D eigenvalue weighted by Crippen LogP contribution is -2.04. The third-order valence-corrected chi connectivity index (χ3v) is 2.41. The summed E-state index contributed by atoms with van der Waals surface area (Å²) in [6, 6.07) is 7.60. The monoisotopic (exact) mass is 255 g/mol. The van der Waals surface area contributed by atoms with E-state index in [0.717, 1.165) is 12.1 Å². The number of benzene rings is 2. The summed E-state index contributed by atoms with van der Waals surface area (Å²) in [7, 11) is 0. The topological polar surface area (TPSA) is 12.0 Å². The summed E-state index contributed by atoms with van der Waals surface area (Å²) in [6.07, 6.45) is 0. The standard InChI is InChI=1S/C13H9F4N/c14-9-3-1-2-8(6-9)7-18-11-5-4-10(15)12(16)13(11)17/h1-6,18H,7H2. The van der Waals surface area contributed by atoms with Crippen molar-refractivity contribution in [3.63, 3.8) is 0 Å². The van der Waals surface area contributed by atoms with Crippen LogP contribution in [0, 0.1) is 23.3 Å². The Bertz CT molecular complexity index is 569. The third-order valence-electron chi connectivity index (χ3n) is 2.41. The van der Waals surface area contributed by atoms with Gasteiger partial charge in [-0.15, -0.1) is 0 Å². The molecule has 0 atom stereocenters. The molecule has 0 aliphatic heterocycles. The van der Waals surface area contributed by atoms with Crippen LogP contribution in [-0.4, -0.2) is 0 Å². The van der Waals surface area contributed by atoms with Gasteiger partial charge in [0.25, 0.3) is 0 Å². The van der Waals surface area contributed by atoms with Gasteiger partial charge in [-0.05, 0) is 29.8 Å². The molecule has 0 amide bonds. The quantitative estimate of drug-likeness (QED) is 0.648. The van der Waals surface area contributed by atoms with Crippen molar-refractivity contribution in [3.8, 4) is 0 Å². The smallest absolute Gasteiger partial charge is 0.196 e. The van der Waals surface area contributed by atoms with Gasteiger partial charge in [-0.1, -0.05) is 12.1 Å². The van der Waals surface area contributed by atoms with E-state index in [2.05, 4.69) is 5.32 Å². The van der Waals surface area contributed by atoms with E-state index in [1.807, 2.05) is 0 Å². The molecular formula is C13H9F4N. The Balaban J connectivity index is 2.14. The minimum atomic E-state index is -1.53. The highest BCUT2D eigenvalue weighted by atomic mass is 19.2. The molecule has 18 heavy (non-hydrogen) atoms. The predicted octanol–water partition coefficient (Wildman–Crippen LogP) is 3.86. The van der Waals surface area contributed by atoms with Crippen molar-refractivity contribution in [3.05, 3.63) is 65.2 Å². The molecule has 0 bridgehead atoms. The summed E-state index contributed by atoms with van der Waals surface area (Å²) in [5.41, 5.74) is 0.400. The van der Waals surface area contributed by atoms with Gasteiger partial charge in [0.15, 0.2) is 17.5 Å². The molecule has 0 aliphatic carbocycles. The lowest BCUT2D eigenvalue weighted by Gasteiger charge is -2.08. The van der Waals surface area contributed by atoms with Crippen molar-refractivity contribution in [2.45, 2.75) is 6.54 Å². The number of halogens is 4. The fraction of sp³-hybridized carbons (Fsp3) is 0.0769. The maximum Gasteiger partial charge on any atom is 0.196 e. The second kappa shape index (κ2) is 5.08. The minimum absolute atomic E-state index is 0.111. The first-order valence-corrected chi connectivity index (χ1v) is 5.20. The highest BCUT2D eigenvalue weighted by molar-refractivity contribution is 5.45. The van der Waals surface area contributed by atoms with Crippen molar-refractivity contribution in [2.24, 2.45) is 0 Å². The van der Waals surface area contributed by atoms with Crippen LogP contribution in [0.3, 0.4) is 0 Å². The second-order valence-corrected chi connectivity index (χ2v) is 3.71. The third kappa shape index (κ3) is 2.61. The van der Waals surface area contributed by atoms with Crippen LogP contribution in [0.5, 0.6) is 0 Å². The first-order chi connectivity index (χ1) is 8.58. The zero-order chi connectivity index (χ0) is 13.1. The Kier molecular flexibility index (Phi) is 3.50. The molecule has 5 heteroatoms. The SMILES string of the molecule is Fc1cccc(CNc2ccc(F)c(F)c2F)c1. The largest absolute Gasteiger partial charge is 0.379 e. The molecule has 0 unspecified atom stereocenters. The normalized spacial score (nSPS) is 10.4. The zero-order valence-corrected chi connectivity index (χ0v) is 9.18. The molecule has 0 aliphatic rings. The Labute approximate surface area is 101 Å². The van der Waals surface area contributed by atoms with Crippen LogP contribution < -0.4 is 5.32 Å². The zero-order valence-electron chi connectivity index (χ0n) is 9.18.